The smallest absolute Gasteiger partial charge is 0.228 e. The van der Waals surface area contributed by atoms with Gasteiger partial charge in [-0.2, -0.15) is 0 Å². The van der Waals surface area contributed by atoms with Gasteiger partial charge in [-0.3, -0.25) is 9.59 Å². The third-order valence-electron chi connectivity index (χ3n) is 4.58. The lowest BCUT2D eigenvalue weighted by atomic mass is 9.81. The Labute approximate surface area is 166 Å². The lowest BCUT2D eigenvalue weighted by Crippen LogP contribution is -2.37. The molecule has 0 spiro atoms. The third-order valence-corrected chi connectivity index (χ3v) is 5.11. The number of allylic oxidation sites excluding steroid dienone is 2. The normalized spacial score (nSPS) is 18.6. The second-order valence-electron chi connectivity index (χ2n) is 6.34. The number of carbonyl (C=O) groups excluding carboxylic acids is 2. The van der Waals surface area contributed by atoms with E-state index >= 15 is 0 Å². The van der Waals surface area contributed by atoms with Crippen LogP contribution in [0.4, 0.5) is 11.4 Å². The number of rotatable bonds is 5. The van der Waals surface area contributed by atoms with Gasteiger partial charge in [-0.1, -0.05) is 40.2 Å². The van der Waals surface area contributed by atoms with E-state index in [2.05, 4.69) is 26.6 Å². The van der Waals surface area contributed by atoms with E-state index < -0.39 is 11.8 Å². The Morgan fingerprint density at radius 2 is 1.52 bits per heavy atom. The van der Waals surface area contributed by atoms with Gasteiger partial charge >= 0.3 is 0 Å². The minimum atomic E-state index is -0.435. The van der Waals surface area contributed by atoms with E-state index in [1.54, 1.807) is 19.2 Å². The summed E-state index contributed by atoms with van der Waals surface area (Å²) in [6.45, 7) is 0. The Morgan fingerprint density at radius 3 is 2.15 bits per heavy atom. The van der Waals surface area contributed by atoms with Crippen molar-refractivity contribution in [3.8, 4) is 5.75 Å². The van der Waals surface area contributed by atoms with Crippen LogP contribution in [0, 0.1) is 11.8 Å². The van der Waals surface area contributed by atoms with Crippen molar-refractivity contribution in [2.24, 2.45) is 11.8 Å². The molecule has 3 rings (SSSR count). The van der Waals surface area contributed by atoms with Crippen LogP contribution in [-0.4, -0.2) is 18.9 Å². The van der Waals surface area contributed by atoms with Crippen LogP contribution in [0.5, 0.6) is 5.75 Å². The number of ether oxygens (including phenoxy) is 1. The number of benzene rings is 2. The summed E-state index contributed by atoms with van der Waals surface area (Å²) in [5, 5.41) is 5.82. The summed E-state index contributed by atoms with van der Waals surface area (Å²) in [4.78, 5) is 25.6. The highest BCUT2D eigenvalue weighted by Gasteiger charge is 2.34. The number of hydrogen-bond acceptors (Lipinski definition) is 3. The number of nitrogens with one attached hydrogen (secondary N) is 2. The zero-order chi connectivity index (χ0) is 19.2. The van der Waals surface area contributed by atoms with Crippen LogP contribution in [0.3, 0.4) is 0 Å². The molecule has 0 saturated heterocycles. The van der Waals surface area contributed by atoms with Crippen molar-refractivity contribution >= 4 is 39.1 Å². The number of para-hydroxylation sites is 2. The maximum Gasteiger partial charge on any atom is 0.228 e. The standard InChI is InChI=1S/C21H21BrN2O3/c1-27-19-9-5-4-8-18(19)24-21(26)17-7-3-2-6-16(17)20(25)23-15-12-10-14(22)11-13-15/h2-5,8-13,16-17H,6-7H2,1H3,(H,23,25)(H,24,26). The molecule has 0 bridgehead atoms. The van der Waals surface area contributed by atoms with Crippen LogP contribution in [0.1, 0.15) is 12.8 Å². The van der Waals surface area contributed by atoms with Crippen LogP contribution in [0.2, 0.25) is 0 Å². The van der Waals surface area contributed by atoms with Crippen LogP contribution < -0.4 is 15.4 Å². The molecule has 2 N–H and O–H groups in total. The Kier molecular flexibility index (Phi) is 6.29. The van der Waals surface area contributed by atoms with Gasteiger partial charge in [-0.25, -0.2) is 0 Å². The van der Waals surface area contributed by atoms with Crippen molar-refractivity contribution in [1.82, 2.24) is 0 Å². The topological polar surface area (TPSA) is 67.4 Å². The number of carbonyl (C=O) groups is 2. The molecule has 2 unspecified atom stereocenters. The number of halogens is 1. The third kappa shape index (κ3) is 4.77. The first-order chi connectivity index (χ1) is 13.1. The lowest BCUT2D eigenvalue weighted by molar-refractivity contribution is -0.129. The van der Waals surface area contributed by atoms with Gasteiger partial charge in [0.1, 0.15) is 5.75 Å². The summed E-state index contributed by atoms with van der Waals surface area (Å²) in [6, 6.07) is 14.6. The SMILES string of the molecule is COc1ccccc1NC(=O)C1CC=CCC1C(=O)Nc1ccc(Br)cc1. The van der Waals surface area contributed by atoms with Crippen molar-refractivity contribution < 1.29 is 14.3 Å². The first-order valence-electron chi connectivity index (χ1n) is 8.74. The van der Waals surface area contributed by atoms with Crippen molar-refractivity contribution in [3.05, 3.63) is 65.2 Å². The molecule has 0 saturated carbocycles. The number of hydrogen-bond donors (Lipinski definition) is 2. The lowest BCUT2D eigenvalue weighted by Gasteiger charge is -2.27. The van der Waals surface area contributed by atoms with E-state index in [-0.39, 0.29) is 11.8 Å². The zero-order valence-corrected chi connectivity index (χ0v) is 16.5. The number of methoxy groups -OCH3 is 1. The Hall–Kier alpha value is -2.60. The first-order valence-corrected chi connectivity index (χ1v) is 9.53. The minimum absolute atomic E-state index is 0.151. The van der Waals surface area contributed by atoms with Crippen molar-refractivity contribution in [1.29, 1.82) is 0 Å². The molecule has 1 aliphatic carbocycles. The van der Waals surface area contributed by atoms with Crippen molar-refractivity contribution in [3.63, 3.8) is 0 Å². The quantitative estimate of drug-likeness (QED) is 0.682. The maximum atomic E-state index is 12.9. The monoisotopic (exact) mass is 428 g/mol. The molecule has 0 aliphatic heterocycles. The molecule has 140 valence electrons. The van der Waals surface area contributed by atoms with Crippen molar-refractivity contribution in [2.45, 2.75) is 12.8 Å². The fraction of sp³-hybridized carbons (Fsp3) is 0.238. The van der Waals surface area contributed by atoms with Gasteiger partial charge in [0.15, 0.2) is 0 Å². The number of amides is 2. The van der Waals surface area contributed by atoms with Gasteiger partial charge in [0.05, 0.1) is 24.6 Å². The zero-order valence-electron chi connectivity index (χ0n) is 14.9. The van der Waals surface area contributed by atoms with Crippen LogP contribution in [-0.2, 0) is 9.59 Å². The van der Waals surface area contributed by atoms with E-state index in [4.69, 9.17) is 4.74 Å². The largest absolute Gasteiger partial charge is 0.495 e. The van der Waals surface area contributed by atoms with Gasteiger partial charge in [-0.15, -0.1) is 0 Å². The van der Waals surface area contributed by atoms with Crippen LogP contribution >= 0.6 is 15.9 Å². The molecule has 27 heavy (non-hydrogen) atoms. The average Bonchev–Trinajstić information content (AvgIpc) is 2.70. The van der Waals surface area contributed by atoms with Gasteiger partial charge in [0.2, 0.25) is 11.8 Å². The van der Waals surface area contributed by atoms with E-state index in [1.807, 2.05) is 48.6 Å². The molecule has 0 fully saturated rings. The molecule has 0 heterocycles. The fourth-order valence-electron chi connectivity index (χ4n) is 3.14. The van der Waals surface area contributed by atoms with Gasteiger partial charge in [0, 0.05) is 10.2 Å². The summed E-state index contributed by atoms with van der Waals surface area (Å²) < 4.78 is 6.22. The van der Waals surface area contributed by atoms with Gasteiger partial charge in [-0.05, 0) is 49.2 Å². The highest BCUT2D eigenvalue weighted by molar-refractivity contribution is 9.10. The average molecular weight is 429 g/mol. The summed E-state index contributed by atoms with van der Waals surface area (Å²) in [5.74, 6) is -0.599. The summed E-state index contributed by atoms with van der Waals surface area (Å²) in [7, 11) is 1.56. The molecule has 0 aromatic heterocycles. The molecule has 2 atom stereocenters. The Balaban J connectivity index is 1.72. The van der Waals surface area contributed by atoms with E-state index in [9.17, 15) is 9.59 Å². The van der Waals surface area contributed by atoms with E-state index in [1.165, 1.54) is 0 Å². The van der Waals surface area contributed by atoms with E-state index in [0.29, 0.717) is 30.0 Å². The summed E-state index contributed by atoms with van der Waals surface area (Å²) >= 11 is 3.38. The Morgan fingerprint density at radius 1 is 0.926 bits per heavy atom. The minimum Gasteiger partial charge on any atom is -0.495 e. The molecule has 2 amide bonds. The predicted molar refractivity (Wildman–Crippen MR) is 110 cm³/mol. The molecular weight excluding hydrogens is 408 g/mol. The maximum absolute atomic E-state index is 12.9. The fourth-order valence-corrected chi connectivity index (χ4v) is 3.40. The Bertz CT molecular complexity index is 849. The highest BCUT2D eigenvalue weighted by atomic mass is 79.9. The number of anilines is 2. The van der Waals surface area contributed by atoms with Crippen LogP contribution in [0.15, 0.2) is 65.2 Å². The van der Waals surface area contributed by atoms with Gasteiger partial charge in [0.25, 0.3) is 0 Å². The summed E-state index contributed by atoms with van der Waals surface area (Å²) in [6.07, 6.45) is 4.97. The second-order valence-corrected chi connectivity index (χ2v) is 7.26. The van der Waals surface area contributed by atoms with Gasteiger partial charge < -0.3 is 15.4 Å². The molecule has 6 heteroatoms. The van der Waals surface area contributed by atoms with E-state index in [0.717, 1.165) is 4.47 Å². The first kappa shape index (κ1) is 19.2. The molecule has 2 aromatic rings. The molecule has 5 nitrogen and oxygen atoms in total. The molecule has 0 radical (unpaired) electrons. The van der Waals surface area contributed by atoms with Crippen molar-refractivity contribution in [2.75, 3.05) is 17.7 Å². The molecule has 2 aromatic carbocycles. The predicted octanol–water partition coefficient (Wildman–Crippen LogP) is 4.62. The molecule has 1 aliphatic rings. The highest BCUT2D eigenvalue weighted by Crippen LogP contribution is 2.30. The molecular formula is C21H21BrN2O3. The second kappa shape index (κ2) is 8.86. The van der Waals surface area contributed by atoms with Crippen LogP contribution in [0.25, 0.3) is 0 Å². The summed E-state index contributed by atoms with van der Waals surface area (Å²) in [5.41, 5.74) is 1.31.